The van der Waals surface area contributed by atoms with Crippen molar-refractivity contribution in [3.05, 3.63) is 23.8 Å². The Hall–Kier alpha value is -2.21. The lowest BCUT2D eigenvalue weighted by molar-refractivity contribution is -0.138. The lowest BCUT2D eigenvalue weighted by Crippen LogP contribution is -2.44. The third-order valence-corrected chi connectivity index (χ3v) is 4.58. The fourth-order valence-electron chi connectivity index (χ4n) is 3.15. The van der Waals surface area contributed by atoms with E-state index in [0.29, 0.717) is 23.4 Å². The Morgan fingerprint density at radius 1 is 1.30 bits per heavy atom. The first-order valence-corrected chi connectivity index (χ1v) is 7.93. The van der Waals surface area contributed by atoms with Crippen molar-refractivity contribution in [2.75, 3.05) is 38.1 Å². The van der Waals surface area contributed by atoms with E-state index in [1.807, 2.05) is 19.1 Å². The molecule has 2 heterocycles. The van der Waals surface area contributed by atoms with Crippen LogP contribution in [0.4, 0.5) is 11.4 Å². The number of carboxylic acids is 1. The molecule has 0 amide bonds. The summed E-state index contributed by atoms with van der Waals surface area (Å²) >= 11 is 0. The average Bonchev–Trinajstić information content (AvgIpc) is 2.54. The number of anilines is 1. The molecule has 1 N–H and O–H groups in total. The fourth-order valence-corrected chi connectivity index (χ4v) is 3.15. The number of Topliss-reactive ketones (excluding diaryl/α,β-unsaturated/α-hetero) is 1. The van der Waals surface area contributed by atoms with E-state index in [1.165, 1.54) is 0 Å². The number of carbonyl (C=O) groups excluding carboxylic acids is 1. The first kappa shape index (κ1) is 15.7. The second kappa shape index (κ2) is 6.12. The maximum absolute atomic E-state index is 12.5. The van der Waals surface area contributed by atoms with Gasteiger partial charge in [0.2, 0.25) is 0 Å². The van der Waals surface area contributed by atoms with Crippen LogP contribution in [0.25, 0.3) is 0 Å². The molecule has 122 valence electrons. The predicted octanol–water partition coefficient (Wildman–Crippen LogP) is 1.82. The van der Waals surface area contributed by atoms with Gasteiger partial charge in [-0.3, -0.25) is 14.6 Å². The number of benzene rings is 1. The molecule has 23 heavy (non-hydrogen) atoms. The summed E-state index contributed by atoms with van der Waals surface area (Å²) in [6, 6.07) is 5.52. The van der Waals surface area contributed by atoms with Crippen molar-refractivity contribution in [3.8, 4) is 0 Å². The molecule has 0 saturated carbocycles. The van der Waals surface area contributed by atoms with E-state index < -0.39 is 11.9 Å². The molecule has 0 aliphatic carbocycles. The van der Waals surface area contributed by atoms with Gasteiger partial charge in [-0.25, -0.2) is 0 Å². The normalized spacial score (nSPS) is 21.8. The summed E-state index contributed by atoms with van der Waals surface area (Å²) < 4.78 is 0. The SMILES string of the molecule is CCC1=Nc2cc(N3CCN(C)CC3)ccc2C(=O)C1C(=O)O. The van der Waals surface area contributed by atoms with Gasteiger partial charge >= 0.3 is 5.97 Å². The van der Waals surface area contributed by atoms with Crippen LogP contribution in [0.5, 0.6) is 0 Å². The summed E-state index contributed by atoms with van der Waals surface area (Å²) in [4.78, 5) is 32.9. The standard InChI is InChI=1S/C17H21N3O3/c1-3-13-15(17(22)23)16(21)12-5-4-11(10-14(12)18-13)20-8-6-19(2)7-9-20/h4-5,10,15H,3,6-9H2,1-2H3,(H,22,23). The minimum atomic E-state index is -1.14. The van der Waals surface area contributed by atoms with Crippen molar-refractivity contribution in [1.82, 2.24) is 4.90 Å². The van der Waals surface area contributed by atoms with E-state index in [0.717, 1.165) is 31.9 Å². The molecular weight excluding hydrogens is 294 g/mol. The molecular formula is C17H21N3O3. The van der Waals surface area contributed by atoms with Gasteiger partial charge in [0.25, 0.3) is 0 Å². The largest absolute Gasteiger partial charge is 0.480 e. The van der Waals surface area contributed by atoms with E-state index in [2.05, 4.69) is 21.8 Å². The molecule has 1 saturated heterocycles. The number of aliphatic carboxylic acids is 1. The zero-order valence-electron chi connectivity index (χ0n) is 13.5. The smallest absolute Gasteiger partial charge is 0.320 e. The highest BCUT2D eigenvalue weighted by Crippen LogP contribution is 2.33. The van der Waals surface area contributed by atoms with Crippen LogP contribution in [0.3, 0.4) is 0 Å². The average molecular weight is 315 g/mol. The molecule has 2 aliphatic heterocycles. The van der Waals surface area contributed by atoms with Crippen molar-refractivity contribution in [2.24, 2.45) is 10.9 Å². The number of nitrogens with zero attached hydrogens (tertiary/aromatic N) is 3. The second-order valence-corrected chi connectivity index (χ2v) is 6.08. The van der Waals surface area contributed by atoms with E-state index in [1.54, 1.807) is 6.07 Å². The number of fused-ring (bicyclic) bond motifs is 1. The van der Waals surface area contributed by atoms with Gasteiger partial charge in [-0.1, -0.05) is 6.92 Å². The highest BCUT2D eigenvalue weighted by Gasteiger charge is 2.36. The molecule has 6 nitrogen and oxygen atoms in total. The van der Waals surface area contributed by atoms with Gasteiger partial charge in [0.1, 0.15) is 0 Å². The summed E-state index contributed by atoms with van der Waals surface area (Å²) in [5.74, 6) is -2.62. The van der Waals surface area contributed by atoms with Gasteiger partial charge in [0.05, 0.1) is 5.69 Å². The first-order valence-electron chi connectivity index (χ1n) is 7.93. The highest BCUT2D eigenvalue weighted by molar-refractivity contribution is 6.27. The summed E-state index contributed by atoms with van der Waals surface area (Å²) in [6.07, 6.45) is 0.459. The Bertz CT molecular complexity index is 676. The van der Waals surface area contributed by atoms with Gasteiger partial charge in [0, 0.05) is 43.1 Å². The van der Waals surface area contributed by atoms with Crippen LogP contribution < -0.4 is 4.90 Å². The number of rotatable bonds is 3. The molecule has 1 unspecified atom stereocenters. The highest BCUT2D eigenvalue weighted by atomic mass is 16.4. The Kier molecular flexibility index (Phi) is 4.17. The van der Waals surface area contributed by atoms with Crippen LogP contribution in [-0.2, 0) is 4.79 Å². The number of hydrogen-bond donors (Lipinski definition) is 1. The van der Waals surface area contributed by atoms with E-state index in [4.69, 9.17) is 0 Å². The van der Waals surface area contributed by atoms with Gasteiger partial charge in [-0.2, -0.15) is 0 Å². The molecule has 1 fully saturated rings. The summed E-state index contributed by atoms with van der Waals surface area (Å²) in [5, 5.41) is 9.30. The molecule has 0 radical (unpaired) electrons. The Morgan fingerprint density at radius 3 is 2.61 bits per heavy atom. The molecule has 3 rings (SSSR count). The molecule has 0 spiro atoms. The van der Waals surface area contributed by atoms with Crippen LogP contribution in [0.15, 0.2) is 23.2 Å². The van der Waals surface area contributed by atoms with Gasteiger partial charge < -0.3 is 14.9 Å². The zero-order chi connectivity index (χ0) is 16.6. The Labute approximate surface area is 135 Å². The van der Waals surface area contributed by atoms with Crippen molar-refractivity contribution in [3.63, 3.8) is 0 Å². The molecule has 1 aromatic rings. The Balaban J connectivity index is 1.95. The van der Waals surface area contributed by atoms with Crippen molar-refractivity contribution in [1.29, 1.82) is 0 Å². The topological polar surface area (TPSA) is 73.2 Å². The van der Waals surface area contributed by atoms with E-state index in [9.17, 15) is 14.7 Å². The van der Waals surface area contributed by atoms with Crippen LogP contribution >= 0.6 is 0 Å². The number of likely N-dealkylation sites (N-methyl/N-ethyl adjacent to an activating group) is 1. The predicted molar refractivity (Wildman–Crippen MR) is 89.0 cm³/mol. The molecule has 2 aliphatic rings. The van der Waals surface area contributed by atoms with Crippen molar-refractivity contribution < 1.29 is 14.7 Å². The number of piperazine rings is 1. The molecule has 0 bridgehead atoms. The number of ketones is 1. The van der Waals surface area contributed by atoms with Crippen molar-refractivity contribution >= 4 is 28.8 Å². The summed E-state index contributed by atoms with van der Waals surface area (Å²) in [5.41, 5.74) is 2.48. The van der Waals surface area contributed by atoms with Crippen LogP contribution in [0.2, 0.25) is 0 Å². The lowest BCUT2D eigenvalue weighted by Gasteiger charge is -2.34. The number of carbonyl (C=O) groups is 2. The maximum Gasteiger partial charge on any atom is 0.320 e. The van der Waals surface area contributed by atoms with E-state index >= 15 is 0 Å². The van der Waals surface area contributed by atoms with Crippen LogP contribution in [0, 0.1) is 5.92 Å². The van der Waals surface area contributed by atoms with Crippen LogP contribution in [-0.4, -0.2) is 60.7 Å². The van der Waals surface area contributed by atoms with Crippen molar-refractivity contribution in [2.45, 2.75) is 13.3 Å². The number of aliphatic imine (C=N–C) groups is 1. The molecule has 1 aromatic carbocycles. The maximum atomic E-state index is 12.5. The monoisotopic (exact) mass is 315 g/mol. The summed E-state index contributed by atoms with van der Waals surface area (Å²) in [7, 11) is 2.10. The zero-order valence-corrected chi connectivity index (χ0v) is 13.5. The fraction of sp³-hybridized carbons (Fsp3) is 0.471. The van der Waals surface area contributed by atoms with Gasteiger partial charge in [0.15, 0.2) is 11.7 Å². The number of hydrogen-bond acceptors (Lipinski definition) is 5. The minimum Gasteiger partial charge on any atom is -0.480 e. The third kappa shape index (κ3) is 2.86. The van der Waals surface area contributed by atoms with E-state index in [-0.39, 0.29) is 5.78 Å². The molecule has 6 heteroatoms. The van der Waals surface area contributed by atoms with Crippen LogP contribution in [0.1, 0.15) is 23.7 Å². The minimum absolute atomic E-state index is 0.357. The Morgan fingerprint density at radius 2 is 2.00 bits per heavy atom. The molecule has 0 aromatic heterocycles. The first-order chi connectivity index (χ1) is 11.0. The molecule has 1 atom stereocenters. The quantitative estimate of drug-likeness (QED) is 0.861. The summed E-state index contributed by atoms with van der Waals surface area (Å²) in [6.45, 7) is 5.70. The number of carboxylic acid groups (broad SMARTS) is 1. The third-order valence-electron chi connectivity index (χ3n) is 4.58. The van der Waals surface area contributed by atoms with Gasteiger partial charge in [-0.15, -0.1) is 0 Å². The second-order valence-electron chi connectivity index (χ2n) is 6.08. The lowest BCUT2D eigenvalue weighted by atomic mass is 9.88. The van der Waals surface area contributed by atoms with Gasteiger partial charge in [-0.05, 0) is 31.7 Å².